The molecular weight excluding hydrogens is 1460 g/mol. The van der Waals surface area contributed by atoms with Gasteiger partial charge in [0.05, 0.1) is 56.1 Å². The summed E-state index contributed by atoms with van der Waals surface area (Å²) < 4.78 is 16.8. The van der Waals surface area contributed by atoms with Crippen LogP contribution >= 0.6 is 0 Å². The zero-order valence-corrected chi connectivity index (χ0v) is 62.8. The molecule has 7 amide bonds. The van der Waals surface area contributed by atoms with Crippen LogP contribution in [0, 0.1) is 17.0 Å². The second-order valence-electron chi connectivity index (χ2n) is 27.6. The number of nitro benzene ring substituents is 1. The number of aryl methyl sites for hydroxylation is 8. The third kappa shape index (κ3) is 16.2. The highest BCUT2D eigenvalue weighted by atomic mass is 16.7. The van der Waals surface area contributed by atoms with Gasteiger partial charge in [0, 0.05) is 147 Å². The first-order valence-corrected chi connectivity index (χ1v) is 35.8. The average molecular weight is 1530 g/mol. The van der Waals surface area contributed by atoms with Crippen LogP contribution in [0.1, 0.15) is 119 Å². The number of hydrogen-bond donors (Lipinski definition) is 8. The van der Waals surface area contributed by atoms with Crippen LogP contribution in [0.5, 0.6) is 0 Å². The molecule has 1 aliphatic carbocycles. The molecule has 0 radical (unpaired) electrons. The number of rotatable bonds is 26. The lowest BCUT2D eigenvalue weighted by atomic mass is 9.98. The van der Waals surface area contributed by atoms with E-state index in [1.165, 1.54) is 102 Å². The minimum Gasteiger partial charge on any atom is -0.449 e. The summed E-state index contributed by atoms with van der Waals surface area (Å²) in [5.41, 5.74) is 11.0. The number of nitrogens with one attached hydrogen (secondary N) is 8. The van der Waals surface area contributed by atoms with Crippen molar-refractivity contribution in [1.82, 2.24) is 57.6 Å². The van der Waals surface area contributed by atoms with Crippen molar-refractivity contribution in [3.63, 3.8) is 0 Å². The summed E-state index contributed by atoms with van der Waals surface area (Å²) in [5.74, 6) is -3.97. The van der Waals surface area contributed by atoms with Crippen molar-refractivity contribution in [2.24, 2.45) is 54.5 Å². The number of aromatic amines is 1. The molecule has 0 saturated heterocycles. The number of aromatic nitrogens is 10. The van der Waals surface area contributed by atoms with Crippen LogP contribution in [0.4, 0.5) is 38.9 Å². The zero-order chi connectivity index (χ0) is 80.3. The van der Waals surface area contributed by atoms with E-state index in [1.54, 1.807) is 113 Å². The minimum atomic E-state index is -1.20. The first kappa shape index (κ1) is 75.6. The Kier molecular flexibility index (Phi) is 21.1. The van der Waals surface area contributed by atoms with Crippen molar-refractivity contribution in [1.29, 1.82) is 0 Å². The van der Waals surface area contributed by atoms with E-state index in [0.717, 1.165) is 27.8 Å². The van der Waals surface area contributed by atoms with E-state index in [-0.39, 0.29) is 101 Å². The van der Waals surface area contributed by atoms with E-state index >= 15 is 0 Å². The number of anilines is 5. The molecule has 32 nitrogen and oxygen atoms in total. The number of nitrogens with zero attached hydrogens (tertiary/aromatic N) is 11. The van der Waals surface area contributed by atoms with Gasteiger partial charge in [-0.1, -0.05) is 83.5 Å². The smallest absolute Gasteiger partial charge is 0.407 e. The van der Waals surface area contributed by atoms with E-state index in [4.69, 9.17) is 14.6 Å². The maximum Gasteiger partial charge on any atom is 0.407 e. The normalized spacial score (nSPS) is 12.0. The second kappa shape index (κ2) is 31.8. The number of oxime groups is 1. The molecule has 8 heterocycles. The van der Waals surface area contributed by atoms with E-state index in [2.05, 4.69) is 52.3 Å². The lowest BCUT2D eigenvalue weighted by Crippen LogP contribution is -2.44. The number of imidazole rings is 2. The summed E-state index contributed by atoms with van der Waals surface area (Å²) in [6.07, 6.45) is 11.5. The quantitative estimate of drug-likeness (QED) is 0.0108. The van der Waals surface area contributed by atoms with Crippen molar-refractivity contribution in [3.8, 4) is 22.6 Å². The zero-order valence-electron chi connectivity index (χ0n) is 62.8. The van der Waals surface area contributed by atoms with Gasteiger partial charge >= 0.3 is 12.1 Å². The van der Waals surface area contributed by atoms with Crippen LogP contribution in [0.3, 0.4) is 0 Å². The van der Waals surface area contributed by atoms with Crippen LogP contribution in [0.15, 0.2) is 206 Å². The van der Waals surface area contributed by atoms with Crippen LogP contribution in [-0.2, 0) is 70.1 Å². The Morgan fingerprint density at radius 3 is 1.62 bits per heavy atom. The summed E-state index contributed by atoms with van der Waals surface area (Å²) in [7, 11) is 11.6. The van der Waals surface area contributed by atoms with Crippen LogP contribution in [0.2, 0.25) is 0 Å². The summed E-state index contributed by atoms with van der Waals surface area (Å²) in [6.45, 7) is 1.77. The predicted octanol–water partition coefficient (Wildman–Crippen LogP) is 10.9. The Morgan fingerprint density at radius 2 is 1.04 bits per heavy atom. The van der Waals surface area contributed by atoms with Crippen LogP contribution in [-0.4, -0.2) is 130 Å². The highest BCUT2D eigenvalue weighted by Crippen LogP contribution is 2.45. The molecule has 0 saturated carbocycles. The van der Waals surface area contributed by atoms with Gasteiger partial charge in [-0.15, -0.1) is 0 Å². The number of alkyl carbamates (subject to hydrolysis) is 1. The summed E-state index contributed by atoms with van der Waals surface area (Å²) in [4.78, 5) is 153. The number of Topliss-reactive ketones (excluding diaryl/α,β-unsaturated/α-hetero) is 1. The molecule has 13 aromatic rings. The fourth-order valence-electron chi connectivity index (χ4n) is 13.8. The van der Waals surface area contributed by atoms with Gasteiger partial charge in [0.25, 0.3) is 41.1 Å². The molecule has 0 bridgehead atoms. The van der Waals surface area contributed by atoms with E-state index in [9.17, 15) is 53.3 Å². The van der Waals surface area contributed by atoms with Gasteiger partial charge in [0.1, 0.15) is 40.8 Å². The molecule has 0 spiro atoms. The maximum atomic E-state index is 14.5. The Balaban J connectivity index is 0.595. The van der Waals surface area contributed by atoms with Gasteiger partial charge in [-0.3, -0.25) is 43.7 Å². The second-order valence-corrected chi connectivity index (χ2v) is 27.6. The van der Waals surface area contributed by atoms with Gasteiger partial charge in [-0.25, -0.2) is 19.6 Å². The van der Waals surface area contributed by atoms with Crippen molar-refractivity contribution in [3.05, 3.63) is 285 Å². The van der Waals surface area contributed by atoms with Gasteiger partial charge in [0.2, 0.25) is 0 Å². The van der Waals surface area contributed by atoms with Gasteiger partial charge in [-0.2, -0.15) is 0 Å². The van der Waals surface area contributed by atoms with Gasteiger partial charge in [0.15, 0.2) is 17.4 Å². The Morgan fingerprint density at radius 1 is 0.544 bits per heavy atom. The monoisotopic (exact) mass is 1530 g/mol. The largest absolute Gasteiger partial charge is 0.449 e. The number of hydrogen-bond acceptors (Lipinski definition) is 16. The molecule has 0 aliphatic heterocycles. The number of benzene rings is 5. The average Bonchev–Trinajstić information content (AvgIpc) is 1.61. The molecule has 1 atom stereocenters. The third-order valence-corrected chi connectivity index (χ3v) is 19.5. The number of nitro groups is 1. The first-order chi connectivity index (χ1) is 54.7. The fourth-order valence-corrected chi connectivity index (χ4v) is 13.8. The molecule has 5 aromatic carbocycles. The molecule has 14 rings (SSSR count). The molecule has 8 N–H and O–H groups in total. The molecule has 32 heteroatoms. The first-order valence-electron chi connectivity index (χ1n) is 35.8. The number of ether oxygens (including phenoxy) is 1. The van der Waals surface area contributed by atoms with Crippen molar-refractivity contribution >= 4 is 104 Å². The Bertz CT molecular complexity index is 6010. The maximum absolute atomic E-state index is 14.5. The molecule has 1 aliphatic rings. The highest BCUT2D eigenvalue weighted by Gasteiger charge is 2.32. The standard InChI is InChI=1S/C82H75N19O13/c1-46-17-19-48(20-18-46)72(49-21-24-56(25-22-49)101(111)112)93-114-81(109)70-38-55(44-100(70)8)88-79(107)69-37-54(43-99(69)7)87-78(106)68-36-53(42-98(68)6)86-77(105)66-31-47(39-95(66)3)32-71(102)63(92-82(110)113-45-61-59-15-11-9-13-57(59)58-14-10-12-16-60(58)61)27-28-84-76(104)67-35-52(41-97(67)5)85-75(103)50-23-26-62-64(33-50)91-73(90-62)65-34-51(40-96(65)4)89-80(108)74-83-29-30-94(74)2/h9-26,29-31,33-44,61,63H,27-28,32,45H2,1-8H3,(H,84,104)(H,85,103)(H,86,105)(H,87,106)(H,88,107)(H,89,108)(H,90,91)(H,92,110)/b93-72-/t63-/m1/s1. The summed E-state index contributed by atoms with van der Waals surface area (Å²) in [6, 6.07) is 41.6. The van der Waals surface area contributed by atoms with E-state index in [1.807, 2.05) is 74.6 Å². The van der Waals surface area contributed by atoms with E-state index < -0.39 is 58.3 Å². The number of H-pyrrole nitrogens is 1. The van der Waals surface area contributed by atoms with Crippen LogP contribution < -0.4 is 37.2 Å². The lowest BCUT2D eigenvalue weighted by molar-refractivity contribution is -0.384. The highest BCUT2D eigenvalue weighted by molar-refractivity contribution is 6.14. The lowest BCUT2D eigenvalue weighted by Gasteiger charge is -2.19. The van der Waals surface area contributed by atoms with Crippen molar-refractivity contribution in [2.75, 3.05) is 39.7 Å². The number of ketones is 1. The van der Waals surface area contributed by atoms with Crippen molar-refractivity contribution in [2.45, 2.75) is 31.7 Å². The topological polar surface area (TPSA) is 388 Å². The summed E-state index contributed by atoms with van der Waals surface area (Å²) >= 11 is 0. The number of carbonyl (C=O) groups is 9. The number of non-ortho nitro benzene ring substituents is 1. The SMILES string of the molecule is Cc1ccc(/C(=N/OC(=O)c2cc(NC(=O)c3cc(NC(=O)c4cc(NC(=O)c5cc(CC(=O)[C@@H](CCNC(=O)c6cc(NC(=O)c7ccc8nc(-c9cc(NC(=O)c%10nccn%10C)cn9C)[nH]c8c7)cn6C)NC(=O)OCC6c7ccccc7-c7ccccc76)cn5C)cn4C)cn3C)cn2C)c2ccc([N+](=O)[O-])cc2)cc1. The van der Waals surface area contributed by atoms with E-state index in [0.29, 0.717) is 56.2 Å². The number of amides is 7. The molecular formula is C82H75N19O13. The summed E-state index contributed by atoms with van der Waals surface area (Å²) in [5, 5.41) is 35.2. The molecule has 0 fully saturated rings. The van der Waals surface area contributed by atoms with Gasteiger partial charge in [-0.05, 0) is 108 Å². The third-order valence-electron chi connectivity index (χ3n) is 19.5. The predicted molar refractivity (Wildman–Crippen MR) is 424 cm³/mol. The van der Waals surface area contributed by atoms with Gasteiger partial charge < -0.3 is 83.7 Å². The van der Waals surface area contributed by atoms with Crippen LogP contribution in [0.25, 0.3) is 33.7 Å². The Hall–Kier alpha value is -15.2. The Labute approximate surface area is 649 Å². The minimum absolute atomic E-state index is 0.0334. The fraction of sp³-hybridized carbons (Fsp3) is 0.171. The molecule has 114 heavy (non-hydrogen) atoms. The van der Waals surface area contributed by atoms with Crippen molar-refractivity contribution < 1.29 is 57.6 Å². The molecule has 8 aromatic heterocycles. The number of fused-ring (bicyclic) bond motifs is 4. The molecule has 576 valence electrons. The number of carbonyl (C=O) groups excluding carboxylic acids is 9. The molecule has 0 unspecified atom stereocenters.